The Bertz CT molecular complexity index is 828. The Labute approximate surface area is 141 Å². The van der Waals surface area contributed by atoms with Gasteiger partial charge < -0.3 is 4.52 Å². The van der Waals surface area contributed by atoms with Gasteiger partial charge in [0.25, 0.3) is 5.91 Å². The van der Waals surface area contributed by atoms with E-state index in [2.05, 4.69) is 39.7 Å². The molecule has 1 aromatic carbocycles. The first-order valence-electron chi connectivity index (χ1n) is 6.87. The van der Waals surface area contributed by atoms with Crippen molar-refractivity contribution in [1.82, 2.24) is 15.4 Å². The summed E-state index contributed by atoms with van der Waals surface area (Å²) in [6.45, 7) is 3.82. The number of nitrogens with one attached hydrogen (secondary N) is 1. The van der Waals surface area contributed by atoms with Crippen LogP contribution in [0.1, 0.15) is 27.4 Å². The fourth-order valence-corrected chi connectivity index (χ4v) is 3.69. The van der Waals surface area contributed by atoms with Crippen molar-refractivity contribution in [3.8, 4) is 0 Å². The van der Waals surface area contributed by atoms with Gasteiger partial charge in [0, 0.05) is 11.8 Å². The van der Waals surface area contributed by atoms with Crippen molar-refractivity contribution in [2.45, 2.75) is 23.9 Å². The van der Waals surface area contributed by atoms with Crippen LogP contribution in [0, 0.1) is 13.8 Å². The van der Waals surface area contributed by atoms with E-state index in [1.807, 2.05) is 12.1 Å². The van der Waals surface area contributed by atoms with Crippen LogP contribution in [-0.4, -0.2) is 21.3 Å². The molecule has 1 N–H and O–H groups in total. The van der Waals surface area contributed by atoms with Gasteiger partial charge in [-0.15, -0.1) is 10.2 Å². The number of nitrogens with zero attached hydrogens (tertiary/aromatic N) is 3. The van der Waals surface area contributed by atoms with Gasteiger partial charge in [0.05, 0.1) is 0 Å². The predicted molar refractivity (Wildman–Crippen MR) is 89.8 cm³/mol. The zero-order chi connectivity index (χ0) is 16.2. The van der Waals surface area contributed by atoms with Gasteiger partial charge in [0.2, 0.25) is 5.13 Å². The molecule has 0 aliphatic rings. The molecule has 0 aliphatic heterocycles. The van der Waals surface area contributed by atoms with E-state index in [0.29, 0.717) is 10.9 Å². The summed E-state index contributed by atoms with van der Waals surface area (Å²) in [6, 6.07) is 9.80. The number of hydrogen-bond acceptors (Lipinski definition) is 7. The molecule has 0 saturated heterocycles. The first-order valence-corrected chi connectivity index (χ1v) is 8.67. The van der Waals surface area contributed by atoms with Gasteiger partial charge in [0.1, 0.15) is 5.76 Å². The minimum atomic E-state index is -0.353. The second-order valence-corrected chi connectivity index (χ2v) is 7.07. The van der Waals surface area contributed by atoms with Crippen LogP contribution in [0.2, 0.25) is 0 Å². The third kappa shape index (κ3) is 3.96. The van der Waals surface area contributed by atoms with E-state index in [1.54, 1.807) is 24.8 Å². The number of hydrogen-bond donors (Lipinski definition) is 1. The molecule has 2 aromatic heterocycles. The lowest BCUT2D eigenvalue weighted by Gasteiger charge is -2.02. The van der Waals surface area contributed by atoms with Gasteiger partial charge in [-0.2, -0.15) is 0 Å². The smallest absolute Gasteiger partial charge is 0.279 e. The molecule has 0 aliphatic carbocycles. The fourth-order valence-electron chi connectivity index (χ4n) is 1.86. The molecule has 0 fully saturated rings. The molecule has 6 nitrogen and oxygen atoms in total. The Morgan fingerprint density at radius 1 is 1.30 bits per heavy atom. The van der Waals surface area contributed by atoms with E-state index in [4.69, 9.17) is 4.52 Å². The summed E-state index contributed by atoms with van der Waals surface area (Å²) in [5.41, 5.74) is 2.74. The maximum absolute atomic E-state index is 12.0. The molecule has 0 radical (unpaired) electrons. The second-order valence-electron chi connectivity index (χ2n) is 4.87. The van der Waals surface area contributed by atoms with E-state index >= 15 is 0 Å². The highest BCUT2D eigenvalue weighted by Crippen LogP contribution is 2.29. The molecular formula is C15H14N4O2S2. The molecule has 0 bridgehead atoms. The minimum Gasteiger partial charge on any atom is -0.361 e. The number of rotatable bonds is 5. The fraction of sp³-hybridized carbons (Fsp3) is 0.200. The lowest BCUT2D eigenvalue weighted by atomic mass is 10.1. The summed E-state index contributed by atoms with van der Waals surface area (Å²) < 4.78 is 5.69. The van der Waals surface area contributed by atoms with Crippen molar-refractivity contribution in [1.29, 1.82) is 0 Å². The first-order chi connectivity index (χ1) is 11.1. The highest BCUT2D eigenvalue weighted by atomic mass is 32.2. The number of thioether (sulfide) groups is 1. The molecule has 0 unspecified atom stereocenters. The van der Waals surface area contributed by atoms with Crippen molar-refractivity contribution < 1.29 is 9.32 Å². The van der Waals surface area contributed by atoms with Crippen LogP contribution in [0.15, 0.2) is 39.2 Å². The van der Waals surface area contributed by atoms with Crippen molar-refractivity contribution in [2.75, 3.05) is 5.32 Å². The molecule has 3 rings (SSSR count). The van der Waals surface area contributed by atoms with Crippen molar-refractivity contribution in [3.63, 3.8) is 0 Å². The van der Waals surface area contributed by atoms with E-state index in [9.17, 15) is 4.79 Å². The molecule has 0 saturated carbocycles. The van der Waals surface area contributed by atoms with Gasteiger partial charge in [-0.1, -0.05) is 52.5 Å². The van der Waals surface area contributed by atoms with Crippen LogP contribution in [0.5, 0.6) is 0 Å². The topological polar surface area (TPSA) is 80.9 Å². The van der Waals surface area contributed by atoms with Crippen LogP contribution in [0.25, 0.3) is 0 Å². The molecule has 3 aromatic rings. The average Bonchev–Trinajstić information content (AvgIpc) is 3.15. The van der Waals surface area contributed by atoms with Crippen LogP contribution in [-0.2, 0) is 5.75 Å². The van der Waals surface area contributed by atoms with Crippen LogP contribution in [0.4, 0.5) is 5.13 Å². The number of amides is 1. The van der Waals surface area contributed by atoms with Crippen molar-refractivity contribution in [3.05, 3.63) is 52.9 Å². The second kappa shape index (κ2) is 6.93. The van der Waals surface area contributed by atoms with E-state index < -0.39 is 0 Å². The highest BCUT2D eigenvalue weighted by molar-refractivity contribution is 8.00. The quantitative estimate of drug-likeness (QED) is 0.560. The summed E-state index contributed by atoms with van der Waals surface area (Å²) in [5, 5.41) is 14.9. The molecular weight excluding hydrogens is 332 g/mol. The SMILES string of the molecule is Cc1cc(C(=O)Nc2nnc(SCc3ccccc3C)s2)no1. The van der Waals surface area contributed by atoms with E-state index in [1.165, 1.54) is 22.5 Å². The van der Waals surface area contributed by atoms with Crippen molar-refractivity contribution >= 4 is 34.1 Å². The molecule has 0 spiro atoms. The third-order valence-electron chi connectivity index (χ3n) is 3.10. The van der Waals surface area contributed by atoms with E-state index in [0.717, 1.165) is 10.1 Å². The Balaban J connectivity index is 1.60. The molecule has 1 amide bonds. The van der Waals surface area contributed by atoms with Crippen LogP contribution < -0.4 is 5.32 Å². The normalized spacial score (nSPS) is 10.7. The number of aryl methyl sites for hydroxylation is 2. The summed E-state index contributed by atoms with van der Waals surface area (Å²) in [7, 11) is 0. The Kier molecular flexibility index (Phi) is 4.73. The Morgan fingerprint density at radius 3 is 2.87 bits per heavy atom. The summed E-state index contributed by atoms with van der Waals surface area (Å²) in [4.78, 5) is 12.0. The van der Waals surface area contributed by atoms with Gasteiger partial charge in [-0.05, 0) is 25.0 Å². The molecule has 0 atom stereocenters. The monoisotopic (exact) mass is 346 g/mol. The average molecular weight is 346 g/mol. The lowest BCUT2D eigenvalue weighted by molar-refractivity contribution is 0.101. The maximum atomic E-state index is 12.0. The maximum Gasteiger partial charge on any atom is 0.279 e. The molecule has 118 valence electrons. The van der Waals surface area contributed by atoms with Crippen LogP contribution in [0.3, 0.4) is 0 Å². The minimum absolute atomic E-state index is 0.229. The van der Waals surface area contributed by atoms with Crippen LogP contribution >= 0.6 is 23.1 Å². The number of carbonyl (C=O) groups is 1. The number of carbonyl (C=O) groups excluding carboxylic acids is 1. The predicted octanol–water partition coefficient (Wildman–Crippen LogP) is 3.69. The lowest BCUT2D eigenvalue weighted by Crippen LogP contribution is -2.11. The molecule has 8 heteroatoms. The highest BCUT2D eigenvalue weighted by Gasteiger charge is 2.14. The Hall–Kier alpha value is -2.19. The Morgan fingerprint density at radius 2 is 2.13 bits per heavy atom. The van der Waals surface area contributed by atoms with Gasteiger partial charge >= 0.3 is 0 Å². The zero-order valence-electron chi connectivity index (χ0n) is 12.6. The van der Waals surface area contributed by atoms with Crippen molar-refractivity contribution in [2.24, 2.45) is 0 Å². The summed E-state index contributed by atoms with van der Waals surface area (Å²) in [5.74, 6) is 1.05. The van der Waals surface area contributed by atoms with Gasteiger partial charge in [0.15, 0.2) is 10.0 Å². The van der Waals surface area contributed by atoms with Gasteiger partial charge in [-0.25, -0.2) is 0 Å². The summed E-state index contributed by atoms with van der Waals surface area (Å²) in [6.07, 6.45) is 0. The summed E-state index contributed by atoms with van der Waals surface area (Å²) >= 11 is 2.93. The first kappa shape index (κ1) is 15.7. The molecule has 23 heavy (non-hydrogen) atoms. The van der Waals surface area contributed by atoms with E-state index in [-0.39, 0.29) is 11.6 Å². The third-order valence-corrected chi connectivity index (χ3v) is 5.12. The zero-order valence-corrected chi connectivity index (χ0v) is 14.2. The number of anilines is 1. The standard InChI is InChI=1S/C15H14N4O2S2/c1-9-5-3-4-6-11(9)8-22-15-18-17-14(23-15)16-13(20)12-7-10(2)21-19-12/h3-7H,8H2,1-2H3,(H,16,17,20). The number of aromatic nitrogens is 3. The largest absolute Gasteiger partial charge is 0.361 e. The van der Waals surface area contributed by atoms with Gasteiger partial charge in [-0.3, -0.25) is 10.1 Å². The molecule has 2 heterocycles. The number of benzene rings is 1.